The van der Waals surface area contributed by atoms with E-state index in [1.807, 2.05) is 0 Å². The van der Waals surface area contributed by atoms with Gasteiger partial charge in [0.25, 0.3) is 0 Å². The zero-order valence-electron chi connectivity index (χ0n) is 19.9. The molecule has 0 radical (unpaired) electrons. The van der Waals surface area contributed by atoms with Crippen LogP contribution in [-0.4, -0.2) is 11.4 Å². The van der Waals surface area contributed by atoms with Crippen molar-refractivity contribution >= 4 is 51.2 Å². The number of fused-ring (bicyclic) bond motifs is 2. The van der Waals surface area contributed by atoms with Crippen LogP contribution in [0.3, 0.4) is 0 Å². The van der Waals surface area contributed by atoms with Gasteiger partial charge in [0.05, 0.1) is 22.8 Å². The third-order valence-electron chi connectivity index (χ3n) is 6.71. The van der Waals surface area contributed by atoms with Gasteiger partial charge in [0.1, 0.15) is 0 Å². The molecule has 0 aliphatic heterocycles. The van der Waals surface area contributed by atoms with E-state index in [2.05, 4.69) is 106 Å². The molecule has 176 valence electrons. The number of benzene rings is 2. The first-order chi connectivity index (χ1) is 15.3. The Hall–Kier alpha value is -0.766. The molecular formula is C27H34Br2N2Ni. The molecule has 2 bridgehead atoms. The van der Waals surface area contributed by atoms with Gasteiger partial charge in [0.2, 0.25) is 0 Å². The number of halogens is 2. The molecule has 2 aliphatic carbocycles. The second-order valence-electron chi connectivity index (χ2n) is 9.58. The average molecular weight is 605 g/mol. The van der Waals surface area contributed by atoms with E-state index < -0.39 is 0 Å². The third-order valence-corrected chi connectivity index (χ3v) is 6.71. The Morgan fingerprint density at radius 1 is 0.750 bits per heavy atom. The number of aliphatic imine (C=N–C) groups is 2. The third kappa shape index (κ3) is 5.65. The molecule has 2 aromatic rings. The summed E-state index contributed by atoms with van der Waals surface area (Å²) in [6.45, 7) is 13.4. The SMILES string of the molecule is Cc1cccc(C(C)C)c1N=C1C(=Nc2c(C)cccc2C(C)C)[C@H]2CC[C@@H]1C2.[Br][Ni][Br]. The fraction of sp³-hybridized carbons (Fsp3) is 0.481. The first-order valence-corrected chi connectivity index (χ1v) is 16.4. The number of aryl methyl sites for hydroxylation is 2. The van der Waals surface area contributed by atoms with Crippen LogP contribution in [0.1, 0.15) is 81.0 Å². The number of hydrogen-bond acceptors (Lipinski definition) is 2. The van der Waals surface area contributed by atoms with E-state index in [1.165, 1.54) is 75.2 Å². The standard InChI is InChI=1S/C27H34N2.2BrH.Ni/c1-16(2)22-11-7-9-18(5)24(22)28-26-20-13-14-21(15-20)27(26)29-25-19(6)10-8-12-23(25)17(3)4;;;/h7-12,16-17,20-21H,13-15H2,1-6H3;2*1H;/q;;;+2/p-2/t20-,21+;;;. The van der Waals surface area contributed by atoms with Crippen LogP contribution in [0.5, 0.6) is 0 Å². The van der Waals surface area contributed by atoms with Crippen molar-refractivity contribution in [1.82, 2.24) is 0 Å². The molecule has 2 aliphatic rings. The van der Waals surface area contributed by atoms with Crippen molar-refractivity contribution in [2.45, 2.75) is 72.6 Å². The summed E-state index contributed by atoms with van der Waals surface area (Å²) in [6, 6.07) is 13.2. The van der Waals surface area contributed by atoms with Crippen molar-refractivity contribution in [3.63, 3.8) is 0 Å². The van der Waals surface area contributed by atoms with Gasteiger partial charge in [-0.2, -0.15) is 0 Å². The van der Waals surface area contributed by atoms with Crippen LogP contribution in [0, 0.1) is 25.7 Å². The van der Waals surface area contributed by atoms with Crippen LogP contribution in [0.25, 0.3) is 0 Å². The first kappa shape index (κ1) is 25.8. The van der Waals surface area contributed by atoms with E-state index in [1.54, 1.807) is 0 Å². The van der Waals surface area contributed by atoms with Crippen LogP contribution in [0.2, 0.25) is 0 Å². The Bertz CT molecular complexity index is 931. The summed E-state index contributed by atoms with van der Waals surface area (Å²) in [7, 11) is 1.25. The monoisotopic (exact) mass is 602 g/mol. The summed E-state index contributed by atoms with van der Waals surface area (Å²) in [5, 5.41) is 0. The molecule has 0 N–H and O–H groups in total. The summed E-state index contributed by atoms with van der Waals surface area (Å²) in [5.41, 5.74) is 10.1. The number of hydrogen-bond donors (Lipinski definition) is 0. The molecule has 0 heterocycles. The van der Waals surface area contributed by atoms with Crippen molar-refractivity contribution in [3.05, 3.63) is 58.7 Å². The Morgan fingerprint density at radius 3 is 1.47 bits per heavy atom. The predicted molar refractivity (Wildman–Crippen MR) is 143 cm³/mol. The molecule has 0 saturated heterocycles. The molecule has 32 heavy (non-hydrogen) atoms. The minimum atomic E-state index is 0.470. The molecule has 2 fully saturated rings. The van der Waals surface area contributed by atoms with Gasteiger partial charge in [-0.05, 0) is 67.2 Å². The summed E-state index contributed by atoms with van der Waals surface area (Å²) in [6.07, 6.45) is 3.75. The van der Waals surface area contributed by atoms with E-state index in [4.69, 9.17) is 9.98 Å². The van der Waals surface area contributed by atoms with E-state index >= 15 is 0 Å². The Morgan fingerprint density at radius 2 is 1.12 bits per heavy atom. The zero-order valence-corrected chi connectivity index (χ0v) is 24.0. The van der Waals surface area contributed by atoms with Gasteiger partial charge in [-0.3, -0.25) is 9.98 Å². The summed E-state index contributed by atoms with van der Waals surface area (Å²) >= 11 is 6.00. The molecule has 2 atom stereocenters. The Balaban J connectivity index is 0.000000913. The molecule has 5 heteroatoms. The summed E-state index contributed by atoms with van der Waals surface area (Å²) in [5.74, 6) is 2.09. The molecule has 4 rings (SSSR count). The quantitative estimate of drug-likeness (QED) is 0.311. The Labute approximate surface area is 214 Å². The van der Waals surface area contributed by atoms with Gasteiger partial charge in [-0.25, -0.2) is 0 Å². The molecule has 0 amide bonds. The van der Waals surface area contributed by atoms with Crippen molar-refractivity contribution < 1.29 is 10.9 Å². The number of nitrogens with zero attached hydrogens (tertiary/aromatic N) is 2. The molecular weight excluding hydrogens is 571 g/mol. The van der Waals surface area contributed by atoms with Crippen molar-refractivity contribution in [1.29, 1.82) is 0 Å². The van der Waals surface area contributed by atoms with Crippen LogP contribution in [-0.2, 0) is 10.9 Å². The van der Waals surface area contributed by atoms with Crippen LogP contribution >= 0.6 is 28.5 Å². The Kier molecular flexibility index (Phi) is 9.36. The number of rotatable bonds is 4. The van der Waals surface area contributed by atoms with E-state index in [9.17, 15) is 0 Å². The van der Waals surface area contributed by atoms with Gasteiger partial charge < -0.3 is 0 Å². The maximum absolute atomic E-state index is 5.33. The van der Waals surface area contributed by atoms with Crippen LogP contribution in [0.4, 0.5) is 11.4 Å². The summed E-state index contributed by atoms with van der Waals surface area (Å²) in [4.78, 5) is 10.7. The molecule has 2 saturated carbocycles. The molecule has 0 aromatic heterocycles. The average Bonchev–Trinajstić information content (AvgIpc) is 3.33. The van der Waals surface area contributed by atoms with Crippen LogP contribution < -0.4 is 0 Å². The zero-order chi connectivity index (χ0) is 23.4. The topological polar surface area (TPSA) is 24.7 Å². The first-order valence-electron chi connectivity index (χ1n) is 11.5. The second kappa shape index (κ2) is 11.6. The molecule has 0 unspecified atom stereocenters. The van der Waals surface area contributed by atoms with Crippen molar-refractivity contribution in [2.75, 3.05) is 0 Å². The van der Waals surface area contributed by atoms with E-state index in [-0.39, 0.29) is 0 Å². The second-order valence-corrected chi connectivity index (χ2v) is 14.6. The fourth-order valence-electron chi connectivity index (χ4n) is 5.04. The van der Waals surface area contributed by atoms with Gasteiger partial charge >= 0.3 is 39.3 Å². The van der Waals surface area contributed by atoms with E-state index in [0.717, 1.165) is 0 Å². The van der Waals surface area contributed by atoms with Crippen molar-refractivity contribution in [2.24, 2.45) is 21.8 Å². The molecule has 0 spiro atoms. The minimum absolute atomic E-state index is 0.470. The van der Waals surface area contributed by atoms with Crippen molar-refractivity contribution in [3.8, 4) is 0 Å². The van der Waals surface area contributed by atoms with Gasteiger partial charge in [-0.15, -0.1) is 0 Å². The van der Waals surface area contributed by atoms with E-state index in [0.29, 0.717) is 23.7 Å². The van der Waals surface area contributed by atoms with Gasteiger partial charge in [-0.1, -0.05) is 64.1 Å². The summed E-state index contributed by atoms with van der Waals surface area (Å²) < 4.78 is 0. The van der Waals surface area contributed by atoms with Gasteiger partial charge in [0.15, 0.2) is 0 Å². The van der Waals surface area contributed by atoms with Gasteiger partial charge in [0, 0.05) is 11.8 Å². The van der Waals surface area contributed by atoms with Crippen LogP contribution in [0.15, 0.2) is 46.4 Å². The normalized spacial score (nSPS) is 22.3. The number of para-hydroxylation sites is 2. The molecule has 2 nitrogen and oxygen atoms in total. The fourth-order valence-corrected chi connectivity index (χ4v) is 5.04. The predicted octanol–water partition coefficient (Wildman–Crippen LogP) is 9.51. The molecule has 2 aromatic carbocycles. The maximum atomic E-state index is 5.33.